The fourth-order valence-electron chi connectivity index (χ4n) is 0.333. The van der Waals surface area contributed by atoms with Gasteiger partial charge in [-0.3, -0.25) is 0 Å². The molecule has 0 amide bonds. The van der Waals surface area contributed by atoms with Crippen LogP contribution >= 0.6 is 0 Å². The van der Waals surface area contributed by atoms with Gasteiger partial charge in [-0.2, -0.15) is 22.0 Å². The lowest BCUT2D eigenvalue weighted by atomic mass is 10.3. The van der Waals surface area contributed by atoms with E-state index >= 15 is 0 Å². The summed E-state index contributed by atoms with van der Waals surface area (Å²) in [5.74, 6) is -5.09. The van der Waals surface area contributed by atoms with Crippen LogP contribution < -0.4 is 0 Å². The molecule has 0 saturated carbocycles. The van der Waals surface area contributed by atoms with Crippen LogP contribution in [-0.2, 0) is 9.47 Å². The van der Waals surface area contributed by atoms with Gasteiger partial charge in [-0.1, -0.05) is 6.58 Å². The van der Waals surface area contributed by atoms with Gasteiger partial charge in [0.25, 0.3) is 0 Å². The summed E-state index contributed by atoms with van der Waals surface area (Å²) >= 11 is 0. The van der Waals surface area contributed by atoms with Crippen LogP contribution in [-0.4, -0.2) is 24.9 Å². The predicted molar refractivity (Wildman–Crippen MR) is 33.6 cm³/mol. The van der Waals surface area contributed by atoms with Crippen molar-refractivity contribution in [2.45, 2.75) is 12.1 Å². The molecule has 82 valence electrons. The highest BCUT2D eigenvalue weighted by atomic mass is 19.4. The Labute approximate surface area is 75.1 Å². The highest BCUT2D eigenvalue weighted by molar-refractivity contribution is 5.60. The van der Waals surface area contributed by atoms with Crippen LogP contribution in [0.25, 0.3) is 0 Å². The molecule has 0 saturated heterocycles. The van der Waals surface area contributed by atoms with Crippen molar-refractivity contribution in [2.24, 2.45) is 0 Å². The maximum Gasteiger partial charge on any atom is 0.513 e. The topological polar surface area (TPSA) is 35.5 Å². The largest absolute Gasteiger partial charge is 0.513 e. The van der Waals surface area contributed by atoms with Gasteiger partial charge in [0.1, 0.15) is 0 Å². The molecule has 14 heavy (non-hydrogen) atoms. The summed E-state index contributed by atoms with van der Waals surface area (Å²) in [4.78, 5) is 10.2. The first-order valence-corrected chi connectivity index (χ1v) is 3.09. The first kappa shape index (κ1) is 12.7. The molecule has 0 atom stereocenters. The minimum atomic E-state index is -5.76. The summed E-state index contributed by atoms with van der Waals surface area (Å²) < 4.78 is 65.7. The standard InChI is InChI=1S/C6H5F5O3/c1-2-13-4(12)14-3-5(7,8)6(9,10)11/h2H,1,3H2. The highest BCUT2D eigenvalue weighted by Gasteiger charge is 2.58. The Hall–Kier alpha value is -1.34. The number of hydrogen-bond donors (Lipinski definition) is 0. The number of rotatable bonds is 3. The molecule has 0 bridgehead atoms. The van der Waals surface area contributed by atoms with Crippen LogP contribution in [0.3, 0.4) is 0 Å². The fraction of sp³-hybridized carbons (Fsp3) is 0.500. The molecule has 0 spiro atoms. The van der Waals surface area contributed by atoms with Crippen LogP contribution in [0.15, 0.2) is 12.8 Å². The molecule has 0 aromatic carbocycles. The molecule has 0 aromatic rings. The molecule has 3 nitrogen and oxygen atoms in total. The van der Waals surface area contributed by atoms with Gasteiger partial charge in [0.15, 0.2) is 6.61 Å². The Morgan fingerprint density at radius 1 is 1.29 bits per heavy atom. The maximum atomic E-state index is 12.0. The van der Waals surface area contributed by atoms with E-state index in [9.17, 15) is 26.7 Å². The summed E-state index contributed by atoms with van der Waals surface area (Å²) in [7, 11) is 0. The van der Waals surface area contributed by atoms with Gasteiger partial charge in [-0.15, -0.1) is 0 Å². The second kappa shape index (κ2) is 4.25. The van der Waals surface area contributed by atoms with Crippen LogP contribution in [0.5, 0.6) is 0 Å². The van der Waals surface area contributed by atoms with E-state index in [1.54, 1.807) is 0 Å². The molecule has 0 aliphatic rings. The van der Waals surface area contributed by atoms with E-state index in [1.165, 1.54) is 0 Å². The zero-order valence-corrected chi connectivity index (χ0v) is 6.61. The van der Waals surface area contributed by atoms with E-state index in [0.29, 0.717) is 6.26 Å². The van der Waals surface area contributed by atoms with Crippen molar-refractivity contribution in [1.82, 2.24) is 0 Å². The lowest BCUT2D eigenvalue weighted by molar-refractivity contribution is -0.292. The van der Waals surface area contributed by atoms with E-state index in [0.717, 1.165) is 0 Å². The van der Waals surface area contributed by atoms with Crippen molar-refractivity contribution in [3.05, 3.63) is 12.8 Å². The minimum absolute atomic E-state index is 0.536. The Morgan fingerprint density at radius 2 is 1.79 bits per heavy atom. The van der Waals surface area contributed by atoms with Gasteiger partial charge in [0, 0.05) is 0 Å². The van der Waals surface area contributed by atoms with E-state index in [4.69, 9.17) is 0 Å². The normalized spacial score (nSPS) is 12.1. The Kier molecular flexibility index (Phi) is 3.84. The van der Waals surface area contributed by atoms with Gasteiger partial charge in [-0.25, -0.2) is 4.79 Å². The molecular weight excluding hydrogens is 215 g/mol. The van der Waals surface area contributed by atoms with Gasteiger partial charge in [-0.05, 0) is 0 Å². The molecule has 0 N–H and O–H groups in total. The number of hydrogen-bond acceptors (Lipinski definition) is 3. The number of carbonyl (C=O) groups is 1. The van der Waals surface area contributed by atoms with E-state index < -0.39 is 24.9 Å². The summed E-state index contributed by atoms with van der Waals surface area (Å²) in [5.41, 5.74) is 0. The number of ether oxygens (including phenoxy) is 2. The van der Waals surface area contributed by atoms with Gasteiger partial charge in [0.05, 0.1) is 6.26 Å². The summed E-state index contributed by atoms with van der Waals surface area (Å²) in [6, 6.07) is 0. The van der Waals surface area contributed by atoms with E-state index in [2.05, 4.69) is 16.1 Å². The molecule has 0 aromatic heterocycles. The van der Waals surface area contributed by atoms with Crippen molar-refractivity contribution in [3.8, 4) is 0 Å². The van der Waals surface area contributed by atoms with Crippen molar-refractivity contribution < 1.29 is 36.2 Å². The quantitative estimate of drug-likeness (QED) is 0.416. The van der Waals surface area contributed by atoms with Gasteiger partial charge < -0.3 is 9.47 Å². The minimum Gasteiger partial charge on any atom is -0.427 e. The predicted octanol–water partition coefficient (Wildman–Crippen LogP) is 2.48. The summed E-state index contributed by atoms with van der Waals surface area (Å²) in [6.45, 7) is 0.739. The molecule has 0 heterocycles. The molecule has 0 radical (unpaired) electrons. The molecule has 0 aliphatic carbocycles. The lowest BCUT2D eigenvalue weighted by Crippen LogP contribution is -2.41. The van der Waals surface area contributed by atoms with Gasteiger partial charge >= 0.3 is 18.3 Å². The third kappa shape index (κ3) is 3.58. The third-order valence-electron chi connectivity index (χ3n) is 0.966. The third-order valence-corrected chi connectivity index (χ3v) is 0.966. The molecule has 0 aliphatic heterocycles. The number of alkyl halides is 5. The van der Waals surface area contributed by atoms with Crippen molar-refractivity contribution in [2.75, 3.05) is 6.61 Å². The molecule has 0 unspecified atom stereocenters. The second-order valence-electron chi connectivity index (χ2n) is 2.03. The second-order valence-corrected chi connectivity index (χ2v) is 2.03. The number of carbonyl (C=O) groups excluding carboxylic acids is 1. The molecule has 8 heteroatoms. The maximum absolute atomic E-state index is 12.0. The Morgan fingerprint density at radius 3 is 2.14 bits per heavy atom. The average Bonchev–Trinajstić information content (AvgIpc) is 1.99. The zero-order valence-electron chi connectivity index (χ0n) is 6.61. The Balaban J connectivity index is 4.12. The summed E-state index contributed by atoms with van der Waals surface area (Å²) in [6.07, 6.45) is -6.90. The molecule has 0 rings (SSSR count). The van der Waals surface area contributed by atoms with Gasteiger partial charge in [0.2, 0.25) is 0 Å². The van der Waals surface area contributed by atoms with E-state index in [-0.39, 0.29) is 0 Å². The summed E-state index contributed by atoms with van der Waals surface area (Å²) in [5, 5.41) is 0. The fourth-order valence-corrected chi connectivity index (χ4v) is 0.333. The smallest absolute Gasteiger partial charge is 0.427 e. The number of halogens is 5. The lowest BCUT2D eigenvalue weighted by Gasteiger charge is -2.18. The zero-order chi connectivity index (χ0) is 11.4. The van der Waals surface area contributed by atoms with Crippen molar-refractivity contribution in [1.29, 1.82) is 0 Å². The SMILES string of the molecule is C=COC(=O)OCC(F)(F)C(F)(F)F. The van der Waals surface area contributed by atoms with E-state index in [1.807, 2.05) is 0 Å². The highest BCUT2D eigenvalue weighted by Crippen LogP contribution is 2.35. The van der Waals surface area contributed by atoms with Crippen LogP contribution in [0, 0.1) is 0 Å². The molecule has 0 fully saturated rings. The Bertz CT molecular complexity index is 222. The van der Waals surface area contributed by atoms with Crippen molar-refractivity contribution >= 4 is 6.16 Å². The van der Waals surface area contributed by atoms with Crippen LogP contribution in [0.4, 0.5) is 26.7 Å². The first-order valence-electron chi connectivity index (χ1n) is 3.09. The van der Waals surface area contributed by atoms with Crippen molar-refractivity contribution in [3.63, 3.8) is 0 Å². The van der Waals surface area contributed by atoms with Crippen LogP contribution in [0.2, 0.25) is 0 Å². The van der Waals surface area contributed by atoms with Crippen LogP contribution in [0.1, 0.15) is 0 Å². The first-order chi connectivity index (χ1) is 6.20. The monoisotopic (exact) mass is 220 g/mol. The average molecular weight is 220 g/mol. The molecular formula is C6H5F5O3.